The minimum atomic E-state index is 0.0584. The Morgan fingerprint density at radius 1 is 1.33 bits per heavy atom. The topological polar surface area (TPSA) is 56.6 Å². The van der Waals surface area contributed by atoms with Gasteiger partial charge in [0.05, 0.1) is 12.1 Å². The van der Waals surface area contributed by atoms with E-state index in [1.54, 1.807) is 0 Å². The summed E-state index contributed by atoms with van der Waals surface area (Å²) in [5.41, 5.74) is 1.76. The number of carbonyl (C=O) groups is 1. The lowest BCUT2D eigenvalue weighted by atomic mass is 10.1. The molecular formula is C18H23N3O3. The maximum absolute atomic E-state index is 12.6. The van der Waals surface area contributed by atoms with Crippen molar-refractivity contribution in [2.45, 2.75) is 39.8 Å². The number of carbonyl (C=O) groups excluding carboxylic acids is 1. The molecule has 24 heavy (non-hydrogen) atoms. The van der Waals surface area contributed by atoms with E-state index in [4.69, 9.17) is 9.47 Å². The van der Waals surface area contributed by atoms with Crippen LogP contribution in [0.4, 0.5) is 0 Å². The number of rotatable bonds is 6. The normalized spacial score (nSPS) is 12.7. The highest BCUT2D eigenvalue weighted by molar-refractivity contribution is 5.78. The Morgan fingerprint density at radius 3 is 2.88 bits per heavy atom. The second-order valence-electron chi connectivity index (χ2n) is 6.12. The fourth-order valence-electron chi connectivity index (χ4n) is 2.72. The molecule has 0 atom stereocenters. The number of para-hydroxylation sites is 1. The van der Waals surface area contributed by atoms with Gasteiger partial charge in [0.1, 0.15) is 0 Å². The number of nitrogens with zero attached hydrogens (tertiary/aromatic N) is 3. The number of ether oxygens (including phenoxy) is 2. The Hall–Kier alpha value is -2.50. The molecule has 2 heterocycles. The molecule has 6 heteroatoms. The molecule has 0 saturated carbocycles. The van der Waals surface area contributed by atoms with Gasteiger partial charge in [0.25, 0.3) is 0 Å². The van der Waals surface area contributed by atoms with Crippen LogP contribution in [0.15, 0.2) is 30.5 Å². The summed E-state index contributed by atoms with van der Waals surface area (Å²) in [6.45, 7) is 7.48. The van der Waals surface area contributed by atoms with Gasteiger partial charge in [0.2, 0.25) is 12.7 Å². The smallest absolute Gasteiger partial charge is 0.231 e. The van der Waals surface area contributed by atoms with E-state index in [2.05, 4.69) is 18.9 Å². The van der Waals surface area contributed by atoms with Gasteiger partial charge in [-0.3, -0.25) is 9.48 Å². The van der Waals surface area contributed by atoms with Crippen LogP contribution in [0.25, 0.3) is 0 Å². The van der Waals surface area contributed by atoms with E-state index in [1.165, 1.54) is 0 Å². The van der Waals surface area contributed by atoms with Gasteiger partial charge in [-0.25, -0.2) is 0 Å². The summed E-state index contributed by atoms with van der Waals surface area (Å²) in [5.74, 6) is 1.54. The molecule has 0 N–H and O–H groups in total. The quantitative estimate of drug-likeness (QED) is 0.818. The predicted octanol–water partition coefficient (Wildman–Crippen LogP) is 2.78. The van der Waals surface area contributed by atoms with E-state index < -0.39 is 0 Å². The maximum Gasteiger partial charge on any atom is 0.231 e. The van der Waals surface area contributed by atoms with Crippen LogP contribution >= 0.6 is 0 Å². The molecule has 0 fully saturated rings. The molecule has 1 aromatic heterocycles. The highest BCUT2D eigenvalue weighted by atomic mass is 16.7. The Kier molecular flexibility index (Phi) is 4.74. The third-order valence-electron chi connectivity index (χ3n) is 4.10. The van der Waals surface area contributed by atoms with Gasteiger partial charge in [-0.15, -0.1) is 0 Å². The van der Waals surface area contributed by atoms with Gasteiger partial charge >= 0.3 is 0 Å². The first kappa shape index (κ1) is 16.4. The summed E-state index contributed by atoms with van der Waals surface area (Å²) in [6, 6.07) is 7.97. The average Bonchev–Trinajstić information content (AvgIpc) is 3.21. The van der Waals surface area contributed by atoms with Gasteiger partial charge in [0, 0.05) is 30.9 Å². The lowest BCUT2D eigenvalue weighted by Gasteiger charge is -2.21. The van der Waals surface area contributed by atoms with Gasteiger partial charge in [-0.2, -0.15) is 5.10 Å². The van der Waals surface area contributed by atoms with Crippen LogP contribution in [-0.4, -0.2) is 33.9 Å². The summed E-state index contributed by atoms with van der Waals surface area (Å²) in [6.07, 6.45) is 2.22. The maximum atomic E-state index is 12.6. The van der Waals surface area contributed by atoms with Crippen molar-refractivity contribution in [2.24, 2.45) is 0 Å². The third kappa shape index (κ3) is 3.37. The summed E-state index contributed by atoms with van der Waals surface area (Å²) in [4.78, 5) is 14.4. The molecule has 6 nitrogen and oxygen atoms in total. The first-order valence-electron chi connectivity index (χ1n) is 8.27. The van der Waals surface area contributed by atoms with Crippen LogP contribution in [0.1, 0.15) is 38.1 Å². The van der Waals surface area contributed by atoms with Crippen molar-refractivity contribution in [1.82, 2.24) is 14.7 Å². The van der Waals surface area contributed by atoms with Crippen LogP contribution in [0, 0.1) is 0 Å². The van der Waals surface area contributed by atoms with Crippen LogP contribution in [0.3, 0.4) is 0 Å². The van der Waals surface area contributed by atoms with E-state index in [0.717, 1.165) is 22.8 Å². The minimum absolute atomic E-state index is 0.0584. The molecule has 1 aliphatic heterocycles. The average molecular weight is 329 g/mol. The van der Waals surface area contributed by atoms with Crippen molar-refractivity contribution in [1.29, 1.82) is 0 Å². The fourth-order valence-corrected chi connectivity index (χ4v) is 2.72. The molecule has 0 unspecified atom stereocenters. The first-order valence-corrected chi connectivity index (χ1v) is 8.27. The monoisotopic (exact) mass is 329 g/mol. The number of likely N-dealkylation sites (N-methyl/N-ethyl adjacent to an activating group) is 1. The van der Waals surface area contributed by atoms with Crippen LogP contribution < -0.4 is 9.47 Å². The second-order valence-corrected chi connectivity index (χ2v) is 6.12. The standard InChI is InChI=1S/C18H23N3O3/c1-4-20(11-14-6-5-7-16-18(14)24-12-23-16)17(22)10-15-8-9-21(19-15)13(2)3/h5-9,13H,4,10-12H2,1-3H3. The number of aromatic nitrogens is 2. The minimum Gasteiger partial charge on any atom is -0.454 e. The molecule has 1 aliphatic rings. The first-order chi connectivity index (χ1) is 11.6. The zero-order valence-corrected chi connectivity index (χ0v) is 14.4. The van der Waals surface area contributed by atoms with Gasteiger partial charge in [-0.1, -0.05) is 12.1 Å². The molecule has 2 aromatic rings. The summed E-state index contributed by atoms with van der Waals surface area (Å²) >= 11 is 0. The van der Waals surface area contributed by atoms with Crippen molar-refractivity contribution in [3.05, 3.63) is 41.7 Å². The Labute approximate surface area is 142 Å². The molecule has 0 bridgehead atoms. The van der Waals surface area contributed by atoms with Crippen molar-refractivity contribution in [3.63, 3.8) is 0 Å². The van der Waals surface area contributed by atoms with Crippen molar-refractivity contribution >= 4 is 5.91 Å². The van der Waals surface area contributed by atoms with Crippen LogP contribution in [0.5, 0.6) is 11.5 Å². The van der Waals surface area contributed by atoms with Gasteiger partial charge < -0.3 is 14.4 Å². The molecule has 128 valence electrons. The number of hydrogen-bond donors (Lipinski definition) is 0. The van der Waals surface area contributed by atoms with Crippen molar-refractivity contribution in [3.8, 4) is 11.5 Å². The number of fused-ring (bicyclic) bond motifs is 1. The van der Waals surface area contributed by atoms with Crippen LogP contribution in [-0.2, 0) is 17.8 Å². The largest absolute Gasteiger partial charge is 0.454 e. The van der Waals surface area contributed by atoms with E-state index >= 15 is 0 Å². The molecule has 3 rings (SSSR count). The number of hydrogen-bond acceptors (Lipinski definition) is 4. The van der Waals surface area contributed by atoms with E-state index in [9.17, 15) is 4.79 Å². The third-order valence-corrected chi connectivity index (χ3v) is 4.10. The molecule has 1 amide bonds. The Morgan fingerprint density at radius 2 is 2.17 bits per heavy atom. The van der Waals surface area contributed by atoms with E-state index in [0.29, 0.717) is 25.6 Å². The van der Waals surface area contributed by atoms with E-state index in [-0.39, 0.29) is 12.7 Å². The fraction of sp³-hybridized carbons (Fsp3) is 0.444. The summed E-state index contributed by atoms with van der Waals surface area (Å²) in [7, 11) is 0. The molecule has 0 saturated heterocycles. The molecular weight excluding hydrogens is 306 g/mol. The number of amides is 1. The summed E-state index contributed by atoms with van der Waals surface area (Å²) < 4.78 is 12.8. The van der Waals surface area contributed by atoms with Gasteiger partial charge in [0.15, 0.2) is 11.5 Å². The highest BCUT2D eigenvalue weighted by Gasteiger charge is 2.21. The van der Waals surface area contributed by atoms with Crippen molar-refractivity contribution < 1.29 is 14.3 Å². The zero-order chi connectivity index (χ0) is 17.1. The number of benzene rings is 1. The van der Waals surface area contributed by atoms with Crippen molar-refractivity contribution in [2.75, 3.05) is 13.3 Å². The lowest BCUT2D eigenvalue weighted by Crippen LogP contribution is -2.31. The molecule has 0 radical (unpaired) electrons. The lowest BCUT2D eigenvalue weighted by molar-refractivity contribution is -0.130. The Bertz CT molecular complexity index is 724. The summed E-state index contributed by atoms with van der Waals surface area (Å²) in [5, 5.41) is 4.46. The van der Waals surface area contributed by atoms with Gasteiger partial charge in [-0.05, 0) is 32.9 Å². The highest BCUT2D eigenvalue weighted by Crippen LogP contribution is 2.35. The SMILES string of the molecule is CCN(Cc1cccc2c1OCO2)C(=O)Cc1ccn(C(C)C)n1. The molecule has 1 aromatic carbocycles. The van der Waals surface area contributed by atoms with Crippen LogP contribution in [0.2, 0.25) is 0 Å². The predicted molar refractivity (Wildman–Crippen MR) is 90.0 cm³/mol. The Balaban J connectivity index is 1.69. The molecule has 0 aliphatic carbocycles. The molecule has 0 spiro atoms. The zero-order valence-electron chi connectivity index (χ0n) is 14.4. The van der Waals surface area contributed by atoms with E-state index in [1.807, 2.05) is 47.0 Å². The second kappa shape index (κ2) is 6.95.